The van der Waals surface area contributed by atoms with E-state index in [1.54, 1.807) is 14.2 Å². The van der Waals surface area contributed by atoms with Gasteiger partial charge in [0, 0.05) is 43.9 Å². The van der Waals surface area contributed by atoms with Crippen molar-refractivity contribution in [3.05, 3.63) is 89.5 Å². The van der Waals surface area contributed by atoms with E-state index in [0.29, 0.717) is 35.9 Å². The Bertz CT molecular complexity index is 1060. The molecule has 1 saturated heterocycles. The van der Waals surface area contributed by atoms with E-state index in [1.807, 2.05) is 53.4 Å². The first-order chi connectivity index (χ1) is 16.2. The van der Waals surface area contributed by atoms with Crippen molar-refractivity contribution >= 4 is 5.91 Å². The lowest BCUT2D eigenvalue weighted by atomic mass is 10.1. The molecule has 3 aromatic rings. The molecule has 1 amide bonds. The summed E-state index contributed by atoms with van der Waals surface area (Å²) in [6.45, 7) is 4.34. The minimum atomic E-state index is 0.0376. The average molecular weight is 447 g/mol. The third-order valence-corrected chi connectivity index (χ3v) is 5.89. The van der Waals surface area contributed by atoms with Crippen LogP contribution in [-0.2, 0) is 13.2 Å². The number of carbonyl (C=O) groups excluding carboxylic acids is 1. The molecule has 6 heteroatoms. The number of rotatable bonds is 8. The Morgan fingerprint density at radius 2 is 1.45 bits per heavy atom. The van der Waals surface area contributed by atoms with Crippen molar-refractivity contribution in [3.63, 3.8) is 0 Å². The highest BCUT2D eigenvalue weighted by Gasteiger charge is 2.23. The lowest BCUT2D eigenvalue weighted by Crippen LogP contribution is -2.48. The summed E-state index contributed by atoms with van der Waals surface area (Å²) in [5.41, 5.74) is 2.76. The third-order valence-electron chi connectivity index (χ3n) is 5.89. The molecule has 172 valence electrons. The number of carbonyl (C=O) groups is 1. The molecule has 0 N–H and O–H groups in total. The summed E-state index contributed by atoms with van der Waals surface area (Å²) >= 11 is 0. The molecule has 0 aliphatic carbocycles. The molecule has 3 aromatic carbocycles. The maximum absolute atomic E-state index is 13.2. The van der Waals surface area contributed by atoms with Crippen LogP contribution < -0.4 is 14.2 Å². The van der Waals surface area contributed by atoms with E-state index >= 15 is 0 Å². The third kappa shape index (κ3) is 5.65. The van der Waals surface area contributed by atoms with Gasteiger partial charge in [-0.15, -0.1) is 0 Å². The Kier molecular flexibility index (Phi) is 7.47. The highest BCUT2D eigenvalue weighted by Crippen LogP contribution is 2.29. The lowest BCUT2D eigenvalue weighted by molar-refractivity contribution is 0.0628. The second-order valence-electron chi connectivity index (χ2n) is 8.02. The fourth-order valence-corrected chi connectivity index (χ4v) is 4.05. The predicted molar refractivity (Wildman–Crippen MR) is 128 cm³/mol. The molecule has 1 aliphatic heterocycles. The number of hydrogen-bond acceptors (Lipinski definition) is 5. The van der Waals surface area contributed by atoms with Crippen LogP contribution in [0.3, 0.4) is 0 Å². The van der Waals surface area contributed by atoms with Crippen molar-refractivity contribution in [1.82, 2.24) is 9.80 Å². The second kappa shape index (κ2) is 10.9. The monoisotopic (exact) mass is 446 g/mol. The van der Waals surface area contributed by atoms with Gasteiger partial charge in [0.15, 0.2) is 11.5 Å². The number of para-hydroxylation sites is 2. The average Bonchev–Trinajstić information content (AvgIpc) is 2.88. The Labute approximate surface area is 195 Å². The van der Waals surface area contributed by atoms with Crippen molar-refractivity contribution in [3.8, 4) is 17.2 Å². The molecule has 6 nitrogen and oxygen atoms in total. The summed E-state index contributed by atoms with van der Waals surface area (Å²) < 4.78 is 16.8. The number of nitrogens with zero attached hydrogens (tertiary/aromatic N) is 2. The maximum atomic E-state index is 13.2. The molecule has 0 radical (unpaired) electrons. The first-order valence-electron chi connectivity index (χ1n) is 11.2. The van der Waals surface area contributed by atoms with E-state index in [1.165, 1.54) is 5.56 Å². The van der Waals surface area contributed by atoms with Crippen LogP contribution in [0, 0.1) is 0 Å². The predicted octanol–water partition coefficient (Wildman–Crippen LogP) is 4.24. The zero-order valence-corrected chi connectivity index (χ0v) is 19.2. The number of amides is 1. The molecule has 1 heterocycles. The summed E-state index contributed by atoms with van der Waals surface area (Å²) in [5.74, 6) is 2.04. The normalized spacial score (nSPS) is 14.1. The lowest BCUT2D eigenvalue weighted by Gasteiger charge is -2.35. The van der Waals surface area contributed by atoms with Crippen molar-refractivity contribution in [2.24, 2.45) is 0 Å². The summed E-state index contributed by atoms with van der Waals surface area (Å²) in [6.07, 6.45) is 0. The quantitative estimate of drug-likeness (QED) is 0.518. The molecule has 0 unspecified atom stereocenters. The second-order valence-corrected chi connectivity index (χ2v) is 8.02. The van der Waals surface area contributed by atoms with E-state index in [0.717, 1.165) is 25.2 Å². The van der Waals surface area contributed by atoms with Gasteiger partial charge in [-0.25, -0.2) is 0 Å². The Morgan fingerprint density at radius 3 is 2.15 bits per heavy atom. The van der Waals surface area contributed by atoms with Crippen LogP contribution in [0.15, 0.2) is 72.8 Å². The first kappa shape index (κ1) is 22.7. The van der Waals surface area contributed by atoms with Gasteiger partial charge in [0.25, 0.3) is 5.91 Å². The molecule has 0 aromatic heterocycles. The van der Waals surface area contributed by atoms with Gasteiger partial charge < -0.3 is 19.1 Å². The molecule has 4 rings (SSSR count). The van der Waals surface area contributed by atoms with E-state index in [4.69, 9.17) is 14.2 Å². The first-order valence-corrected chi connectivity index (χ1v) is 11.2. The number of hydrogen-bond donors (Lipinski definition) is 0. The van der Waals surface area contributed by atoms with Gasteiger partial charge in [0.2, 0.25) is 0 Å². The maximum Gasteiger partial charge on any atom is 0.253 e. The van der Waals surface area contributed by atoms with Gasteiger partial charge in [-0.05, 0) is 35.9 Å². The molecule has 0 atom stereocenters. The molecule has 0 bridgehead atoms. The Hall–Kier alpha value is -3.51. The number of piperazine rings is 1. The Balaban J connectivity index is 1.40. The van der Waals surface area contributed by atoms with Gasteiger partial charge in [0.05, 0.1) is 14.2 Å². The molecule has 1 fully saturated rings. The van der Waals surface area contributed by atoms with Crippen molar-refractivity contribution in [2.45, 2.75) is 13.2 Å². The van der Waals surface area contributed by atoms with E-state index in [9.17, 15) is 4.79 Å². The molecule has 0 saturated carbocycles. The van der Waals surface area contributed by atoms with Crippen LogP contribution in [0.25, 0.3) is 0 Å². The van der Waals surface area contributed by atoms with Gasteiger partial charge in [-0.1, -0.05) is 42.5 Å². The zero-order valence-electron chi connectivity index (χ0n) is 19.2. The number of benzene rings is 3. The van der Waals surface area contributed by atoms with Gasteiger partial charge in [-0.3, -0.25) is 9.69 Å². The molecule has 0 spiro atoms. The van der Waals surface area contributed by atoms with E-state index in [-0.39, 0.29) is 12.5 Å². The van der Waals surface area contributed by atoms with Crippen LogP contribution in [0.4, 0.5) is 0 Å². The molecule has 33 heavy (non-hydrogen) atoms. The van der Waals surface area contributed by atoms with Gasteiger partial charge >= 0.3 is 0 Å². The summed E-state index contributed by atoms with van der Waals surface area (Å²) in [7, 11) is 3.23. The van der Waals surface area contributed by atoms with Crippen LogP contribution in [-0.4, -0.2) is 56.1 Å². The van der Waals surface area contributed by atoms with Gasteiger partial charge in [0.1, 0.15) is 12.4 Å². The van der Waals surface area contributed by atoms with Crippen LogP contribution in [0.5, 0.6) is 17.2 Å². The minimum Gasteiger partial charge on any atom is -0.496 e. The largest absolute Gasteiger partial charge is 0.496 e. The Morgan fingerprint density at radius 1 is 0.788 bits per heavy atom. The van der Waals surface area contributed by atoms with Crippen molar-refractivity contribution < 1.29 is 19.0 Å². The zero-order chi connectivity index (χ0) is 23.0. The topological polar surface area (TPSA) is 51.2 Å². The van der Waals surface area contributed by atoms with Crippen molar-refractivity contribution in [2.75, 3.05) is 40.4 Å². The molecular formula is C27H30N2O4. The SMILES string of the molecule is COc1ccc(C(=O)N2CCN(Cc3ccccc3)CC2)cc1COc1ccccc1OC. The van der Waals surface area contributed by atoms with Crippen LogP contribution in [0.2, 0.25) is 0 Å². The van der Waals surface area contributed by atoms with Crippen LogP contribution >= 0.6 is 0 Å². The highest BCUT2D eigenvalue weighted by molar-refractivity contribution is 5.94. The van der Waals surface area contributed by atoms with E-state index in [2.05, 4.69) is 29.2 Å². The van der Waals surface area contributed by atoms with Crippen molar-refractivity contribution in [1.29, 1.82) is 0 Å². The van der Waals surface area contributed by atoms with Gasteiger partial charge in [-0.2, -0.15) is 0 Å². The fraction of sp³-hybridized carbons (Fsp3) is 0.296. The van der Waals surface area contributed by atoms with Crippen LogP contribution in [0.1, 0.15) is 21.5 Å². The number of methoxy groups -OCH3 is 2. The summed E-state index contributed by atoms with van der Waals surface area (Å²) in [4.78, 5) is 17.5. The highest BCUT2D eigenvalue weighted by atomic mass is 16.5. The standard InChI is InChI=1S/C27H30N2O4/c1-31-24-13-12-22(18-23(24)20-33-26-11-7-6-10-25(26)32-2)27(30)29-16-14-28(15-17-29)19-21-8-4-3-5-9-21/h3-13,18H,14-17,19-20H2,1-2H3. The fourth-order valence-electron chi connectivity index (χ4n) is 4.05. The molecular weight excluding hydrogens is 416 g/mol. The molecule has 1 aliphatic rings. The smallest absolute Gasteiger partial charge is 0.253 e. The summed E-state index contributed by atoms with van der Waals surface area (Å²) in [5, 5.41) is 0. The number of ether oxygens (including phenoxy) is 3. The van der Waals surface area contributed by atoms with E-state index < -0.39 is 0 Å². The minimum absolute atomic E-state index is 0.0376. The summed E-state index contributed by atoms with van der Waals surface area (Å²) in [6, 6.07) is 23.5.